The summed E-state index contributed by atoms with van der Waals surface area (Å²) in [6.07, 6.45) is 0. The number of aliphatic hydroxyl groups excluding tert-OH is 1. The van der Waals surface area contributed by atoms with Gasteiger partial charge in [0, 0.05) is 13.2 Å². The van der Waals surface area contributed by atoms with E-state index < -0.39 is 25.5 Å². The zero-order valence-electron chi connectivity index (χ0n) is 11.1. The molecule has 1 aromatic rings. The summed E-state index contributed by atoms with van der Waals surface area (Å²) in [7, 11) is -2.70. The summed E-state index contributed by atoms with van der Waals surface area (Å²) < 4.78 is 31.1. The lowest BCUT2D eigenvalue weighted by Crippen LogP contribution is -2.30. The first kappa shape index (κ1) is 16.3. The van der Waals surface area contributed by atoms with Crippen molar-refractivity contribution in [3.05, 3.63) is 28.3 Å². The third kappa shape index (κ3) is 3.89. The molecule has 0 amide bonds. The van der Waals surface area contributed by atoms with E-state index in [0.29, 0.717) is 0 Å². The molecule has 0 bridgehead atoms. The maximum absolute atomic E-state index is 12.0. The number of methoxy groups -OCH3 is 1. The first-order valence-corrected chi connectivity index (χ1v) is 7.23. The Morgan fingerprint density at radius 2 is 2.15 bits per heavy atom. The maximum Gasteiger partial charge on any atom is 0.293 e. The van der Waals surface area contributed by atoms with Crippen molar-refractivity contribution in [1.29, 1.82) is 0 Å². The van der Waals surface area contributed by atoms with Gasteiger partial charge in [0.15, 0.2) is 4.90 Å². The number of nitro groups is 1. The van der Waals surface area contributed by atoms with E-state index >= 15 is 0 Å². The second-order valence-corrected chi connectivity index (χ2v) is 5.97. The minimum atomic E-state index is -4.02. The quantitative estimate of drug-likeness (QED) is 0.559. The van der Waals surface area contributed by atoms with Crippen LogP contribution in [-0.4, -0.2) is 38.7 Å². The van der Waals surface area contributed by atoms with Crippen LogP contribution < -0.4 is 9.46 Å². The molecule has 0 spiro atoms. The number of nitrogens with one attached hydrogen (secondary N) is 1. The Morgan fingerprint density at radius 1 is 1.50 bits per heavy atom. The van der Waals surface area contributed by atoms with Gasteiger partial charge in [0.1, 0.15) is 5.75 Å². The molecular weight excluding hydrogens is 288 g/mol. The fraction of sp³-hybridized carbons (Fsp3) is 0.455. The molecule has 0 radical (unpaired) electrons. The van der Waals surface area contributed by atoms with Gasteiger partial charge in [0.05, 0.1) is 18.1 Å². The van der Waals surface area contributed by atoms with E-state index in [1.807, 2.05) is 0 Å². The first-order chi connectivity index (χ1) is 9.31. The molecule has 0 fully saturated rings. The number of nitrogens with zero attached hydrogens (tertiary/aromatic N) is 1. The average Bonchev–Trinajstić information content (AvgIpc) is 2.43. The van der Waals surface area contributed by atoms with Crippen LogP contribution in [0.1, 0.15) is 6.92 Å². The number of aliphatic hydroxyl groups is 1. The van der Waals surface area contributed by atoms with Crippen LogP contribution >= 0.6 is 0 Å². The summed E-state index contributed by atoms with van der Waals surface area (Å²) in [5.74, 6) is -0.0959. The van der Waals surface area contributed by atoms with Gasteiger partial charge >= 0.3 is 0 Å². The predicted octanol–water partition coefficient (Wildman–Crippen LogP) is 0.510. The van der Waals surface area contributed by atoms with Crippen LogP contribution in [0, 0.1) is 16.0 Å². The van der Waals surface area contributed by atoms with Crippen molar-refractivity contribution in [3.8, 4) is 5.75 Å². The van der Waals surface area contributed by atoms with E-state index in [1.54, 1.807) is 6.92 Å². The molecule has 0 heterocycles. The van der Waals surface area contributed by atoms with Crippen LogP contribution in [0.4, 0.5) is 5.69 Å². The van der Waals surface area contributed by atoms with E-state index in [-0.39, 0.29) is 24.8 Å². The molecule has 1 unspecified atom stereocenters. The van der Waals surface area contributed by atoms with Gasteiger partial charge < -0.3 is 9.84 Å². The number of hydrogen-bond donors (Lipinski definition) is 2. The monoisotopic (exact) mass is 304 g/mol. The molecule has 0 aliphatic rings. The van der Waals surface area contributed by atoms with E-state index in [2.05, 4.69) is 4.72 Å². The van der Waals surface area contributed by atoms with Gasteiger partial charge in [-0.3, -0.25) is 10.1 Å². The van der Waals surface area contributed by atoms with Crippen molar-refractivity contribution in [1.82, 2.24) is 4.72 Å². The predicted molar refractivity (Wildman–Crippen MR) is 71.1 cm³/mol. The third-order valence-electron chi connectivity index (χ3n) is 2.59. The molecule has 8 nitrogen and oxygen atoms in total. The molecular formula is C11H16N2O6S. The third-order valence-corrected chi connectivity index (χ3v) is 4.06. The van der Waals surface area contributed by atoms with Gasteiger partial charge in [-0.05, 0) is 18.1 Å². The summed E-state index contributed by atoms with van der Waals surface area (Å²) in [5, 5.41) is 19.8. The molecule has 1 rings (SSSR count). The van der Waals surface area contributed by atoms with E-state index in [4.69, 9.17) is 9.84 Å². The van der Waals surface area contributed by atoms with E-state index in [0.717, 1.165) is 12.1 Å². The van der Waals surface area contributed by atoms with Crippen LogP contribution in [-0.2, 0) is 10.0 Å². The molecule has 112 valence electrons. The average molecular weight is 304 g/mol. The van der Waals surface area contributed by atoms with Crippen LogP contribution in [0.2, 0.25) is 0 Å². The second kappa shape index (κ2) is 6.64. The Bertz CT molecular complexity index is 587. The Balaban J connectivity index is 3.14. The molecule has 9 heteroatoms. The molecule has 0 aromatic heterocycles. The smallest absolute Gasteiger partial charge is 0.293 e. The van der Waals surface area contributed by atoms with Crippen molar-refractivity contribution in [3.63, 3.8) is 0 Å². The van der Waals surface area contributed by atoms with Crippen LogP contribution in [0.25, 0.3) is 0 Å². The zero-order chi connectivity index (χ0) is 15.3. The molecule has 0 aliphatic heterocycles. The van der Waals surface area contributed by atoms with E-state index in [9.17, 15) is 18.5 Å². The highest BCUT2D eigenvalue weighted by atomic mass is 32.2. The van der Waals surface area contributed by atoms with Crippen molar-refractivity contribution in [2.75, 3.05) is 20.3 Å². The van der Waals surface area contributed by atoms with Crippen molar-refractivity contribution >= 4 is 15.7 Å². The fourth-order valence-corrected chi connectivity index (χ4v) is 2.70. The van der Waals surface area contributed by atoms with Crippen molar-refractivity contribution < 1.29 is 23.2 Å². The van der Waals surface area contributed by atoms with Gasteiger partial charge in [0.25, 0.3) is 5.69 Å². The minimum Gasteiger partial charge on any atom is -0.497 e. The molecule has 1 aromatic carbocycles. The number of benzene rings is 1. The Hall–Kier alpha value is -1.71. The Kier molecular flexibility index (Phi) is 5.43. The number of hydrogen-bond acceptors (Lipinski definition) is 6. The lowest BCUT2D eigenvalue weighted by molar-refractivity contribution is -0.387. The number of nitro benzene ring substituents is 1. The number of rotatable bonds is 7. The van der Waals surface area contributed by atoms with Gasteiger partial charge in [-0.2, -0.15) is 0 Å². The molecule has 0 saturated heterocycles. The highest BCUT2D eigenvalue weighted by Gasteiger charge is 2.26. The second-order valence-electron chi connectivity index (χ2n) is 4.23. The minimum absolute atomic E-state index is 0.0119. The van der Waals surface area contributed by atoms with Crippen molar-refractivity contribution in [2.45, 2.75) is 11.8 Å². The van der Waals surface area contributed by atoms with E-state index in [1.165, 1.54) is 13.2 Å². The van der Waals surface area contributed by atoms with Gasteiger partial charge in [-0.1, -0.05) is 6.92 Å². The van der Waals surface area contributed by atoms with Gasteiger partial charge in [-0.25, -0.2) is 13.1 Å². The summed E-state index contributed by atoms with van der Waals surface area (Å²) >= 11 is 0. The molecule has 0 aliphatic carbocycles. The van der Waals surface area contributed by atoms with Crippen LogP contribution in [0.5, 0.6) is 5.75 Å². The van der Waals surface area contributed by atoms with Crippen LogP contribution in [0.15, 0.2) is 23.1 Å². The summed E-state index contributed by atoms with van der Waals surface area (Å²) in [5.41, 5.74) is -0.562. The SMILES string of the molecule is COc1ccc(S(=O)(=O)NCC(C)CO)c([N+](=O)[O-])c1. The lowest BCUT2D eigenvalue weighted by atomic mass is 10.2. The highest BCUT2D eigenvalue weighted by molar-refractivity contribution is 7.89. The largest absolute Gasteiger partial charge is 0.497 e. The number of ether oxygens (including phenoxy) is 1. The summed E-state index contributed by atoms with van der Waals surface area (Å²) in [4.78, 5) is 9.73. The van der Waals surface area contributed by atoms with Crippen molar-refractivity contribution in [2.24, 2.45) is 5.92 Å². The Labute approximate surface area is 116 Å². The molecule has 1 atom stereocenters. The van der Waals surface area contributed by atoms with Gasteiger partial charge in [-0.15, -0.1) is 0 Å². The lowest BCUT2D eigenvalue weighted by Gasteiger charge is -2.11. The van der Waals surface area contributed by atoms with Gasteiger partial charge in [0.2, 0.25) is 10.0 Å². The summed E-state index contributed by atoms with van der Waals surface area (Å²) in [6, 6.07) is 3.49. The molecule has 20 heavy (non-hydrogen) atoms. The normalized spacial score (nSPS) is 12.9. The Morgan fingerprint density at radius 3 is 2.65 bits per heavy atom. The standard InChI is InChI=1S/C11H16N2O6S/c1-8(7-14)6-12-20(17,18)11-4-3-9(19-2)5-10(11)13(15)16/h3-5,8,12,14H,6-7H2,1-2H3. The molecule has 2 N–H and O–H groups in total. The number of sulfonamides is 1. The summed E-state index contributed by atoms with van der Waals surface area (Å²) in [6.45, 7) is 1.44. The molecule has 0 saturated carbocycles. The zero-order valence-corrected chi connectivity index (χ0v) is 11.9. The topological polar surface area (TPSA) is 119 Å². The fourth-order valence-electron chi connectivity index (χ4n) is 1.39. The highest BCUT2D eigenvalue weighted by Crippen LogP contribution is 2.28. The first-order valence-electron chi connectivity index (χ1n) is 5.74. The van der Waals surface area contributed by atoms with Crippen LogP contribution in [0.3, 0.4) is 0 Å². The maximum atomic E-state index is 12.0.